The van der Waals surface area contributed by atoms with Crippen molar-refractivity contribution in [2.24, 2.45) is 5.10 Å². The minimum absolute atomic E-state index is 0.288. The van der Waals surface area contributed by atoms with Crippen molar-refractivity contribution in [3.8, 4) is 16.9 Å². The summed E-state index contributed by atoms with van der Waals surface area (Å²) in [6.07, 6.45) is -0.644. The van der Waals surface area contributed by atoms with Gasteiger partial charge in [0, 0.05) is 0 Å². The van der Waals surface area contributed by atoms with Gasteiger partial charge in [-0.2, -0.15) is 5.10 Å². The highest BCUT2D eigenvalue weighted by molar-refractivity contribution is 5.99. The maximum atomic E-state index is 12.3. The van der Waals surface area contributed by atoms with Crippen LogP contribution >= 0.6 is 0 Å². The van der Waals surface area contributed by atoms with Gasteiger partial charge < -0.3 is 4.74 Å². The summed E-state index contributed by atoms with van der Waals surface area (Å²) in [5, 5.41) is 4.23. The Morgan fingerprint density at radius 1 is 0.897 bits per heavy atom. The van der Waals surface area contributed by atoms with E-state index in [1.54, 1.807) is 6.92 Å². The van der Waals surface area contributed by atoms with Crippen molar-refractivity contribution in [3.63, 3.8) is 0 Å². The quantitative estimate of drug-likeness (QED) is 0.463. The molecular weight excluding hydrogens is 360 g/mol. The van der Waals surface area contributed by atoms with Crippen LogP contribution in [0.25, 0.3) is 11.1 Å². The Bertz CT molecular complexity index is 1010. The summed E-state index contributed by atoms with van der Waals surface area (Å²) in [5.41, 5.74) is 8.90. The second-order valence-electron chi connectivity index (χ2n) is 7.12. The van der Waals surface area contributed by atoms with Crippen LogP contribution in [-0.4, -0.2) is 17.7 Å². The SMILES string of the molecule is C/C(=N\NC(=O)C(C)Oc1ccc(C)c(C)c1)c1ccc(-c2ccccc2)cc1. The number of nitrogens with zero attached hydrogens (tertiary/aromatic N) is 1. The molecule has 0 aromatic heterocycles. The van der Waals surface area contributed by atoms with E-state index in [9.17, 15) is 4.79 Å². The zero-order valence-electron chi connectivity index (χ0n) is 17.3. The van der Waals surface area contributed by atoms with Gasteiger partial charge in [0.15, 0.2) is 6.10 Å². The van der Waals surface area contributed by atoms with Gasteiger partial charge in [-0.1, -0.05) is 60.7 Å². The fourth-order valence-electron chi connectivity index (χ4n) is 2.87. The third-order valence-electron chi connectivity index (χ3n) is 4.90. The van der Waals surface area contributed by atoms with E-state index < -0.39 is 6.10 Å². The zero-order chi connectivity index (χ0) is 20.8. The van der Waals surface area contributed by atoms with Crippen molar-refractivity contribution in [2.75, 3.05) is 0 Å². The largest absolute Gasteiger partial charge is 0.481 e. The Morgan fingerprint density at radius 3 is 2.21 bits per heavy atom. The Balaban J connectivity index is 1.61. The lowest BCUT2D eigenvalue weighted by atomic mass is 10.0. The molecule has 4 heteroatoms. The van der Waals surface area contributed by atoms with Gasteiger partial charge in [-0.15, -0.1) is 0 Å². The van der Waals surface area contributed by atoms with Crippen LogP contribution in [-0.2, 0) is 4.79 Å². The molecule has 29 heavy (non-hydrogen) atoms. The number of hydrazone groups is 1. The fourth-order valence-corrected chi connectivity index (χ4v) is 2.87. The topological polar surface area (TPSA) is 50.7 Å². The summed E-state index contributed by atoms with van der Waals surface area (Å²) in [6, 6.07) is 24.1. The monoisotopic (exact) mass is 386 g/mol. The molecule has 0 aliphatic rings. The van der Waals surface area contributed by atoms with Gasteiger partial charge >= 0.3 is 0 Å². The van der Waals surface area contributed by atoms with Crippen molar-refractivity contribution >= 4 is 11.6 Å². The highest BCUT2D eigenvalue weighted by atomic mass is 16.5. The van der Waals surface area contributed by atoms with Gasteiger partial charge in [0.05, 0.1) is 5.71 Å². The van der Waals surface area contributed by atoms with Crippen molar-refractivity contribution in [3.05, 3.63) is 89.5 Å². The van der Waals surface area contributed by atoms with Crippen LogP contribution in [0.15, 0.2) is 77.9 Å². The first kappa shape index (κ1) is 20.3. The summed E-state index contributed by atoms with van der Waals surface area (Å²) < 4.78 is 5.73. The molecule has 3 aromatic carbocycles. The van der Waals surface area contributed by atoms with Crippen LogP contribution in [0.5, 0.6) is 5.75 Å². The molecule has 4 nitrogen and oxygen atoms in total. The number of carbonyl (C=O) groups is 1. The Kier molecular flexibility index (Phi) is 6.45. The van der Waals surface area contributed by atoms with Crippen LogP contribution < -0.4 is 10.2 Å². The van der Waals surface area contributed by atoms with Gasteiger partial charge in [-0.25, -0.2) is 5.43 Å². The molecule has 0 saturated carbocycles. The summed E-state index contributed by atoms with van der Waals surface area (Å²) in [6.45, 7) is 7.64. The minimum Gasteiger partial charge on any atom is -0.481 e. The predicted octanol–water partition coefficient (Wildman–Crippen LogP) is 5.28. The molecule has 148 valence electrons. The molecule has 3 rings (SSSR count). The number of aryl methyl sites for hydroxylation is 2. The molecule has 3 aromatic rings. The van der Waals surface area contributed by atoms with Gasteiger partial charge in [0.1, 0.15) is 5.75 Å². The lowest BCUT2D eigenvalue weighted by Gasteiger charge is -2.14. The first-order chi connectivity index (χ1) is 13.9. The van der Waals surface area contributed by atoms with Crippen LogP contribution in [0.1, 0.15) is 30.5 Å². The first-order valence-electron chi connectivity index (χ1n) is 9.68. The van der Waals surface area contributed by atoms with E-state index in [-0.39, 0.29) is 5.91 Å². The van der Waals surface area contributed by atoms with Gasteiger partial charge in [-0.05, 0) is 67.6 Å². The average Bonchev–Trinajstić information content (AvgIpc) is 2.75. The van der Waals surface area contributed by atoms with E-state index in [2.05, 4.69) is 34.8 Å². The molecule has 0 radical (unpaired) electrons. The van der Waals surface area contributed by atoms with Crippen LogP contribution in [0.3, 0.4) is 0 Å². The fraction of sp³-hybridized carbons (Fsp3) is 0.200. The highest BCUT2D eigenvalue weighted by Gasteiger charge is 2.14. The Labute approximate surface area is 172 Å². The van der Waals surface area contributed by atoms with Gasteiger partial charge in [-0.3, -0.25) is 4.79 Å². The van der Waals surface area contributed by atoms with Crippen molar-refractivity contribution < 1.29 is 9.53 Å². The smallest absolute Gasteiger partial charge is 0.280 e. The van der Waals surface area contributed by atoms with Crippen molar-refractivity contribution in [1.29, 1.82) is 0 Å². The molecule has 1 amide bonds. The number of rotatable bonds is 6. The Morgan fingerprint density at radius 2 is 1.55 bits per heavy atom. The Hall–Kier alpha value is -3.40. The summed E-state index contributed by atoms with van der Waals surface area (Å²) in [5.74, 6) is 0.386. The molecule has 0 spiro atoms. The number of ether oxygens (including phenoxy) is 1. The third-order valence-corrected chi connectivity index (χ3v) is 4.90. The molecule has 1 unspecified atom stereocenters. The summed E-state index contributed by atoms with van der Waals surface area (Å²) >= 11 is 0. The maximum absolute atomic E-state index is 12.3. The molecule has 1 atom stereocenters. The highest BCUT2D eigenvalue weighted by Crippen LogP contribution is 2.20. The molecule has 1 N–H and O–H groups in total. The standard InChI is InChI=1S/C25H26N2O2/c1-17-10-15-24(16-18(17)2)29-20(4)25(28)27-26-19(3)21-11-13-23(14-12-21)22-8-6-5-7-9-22/h5-16,20H,1-4H3,(H,27,28)/b26-19+. The lowest BCUT2D eigenvalue weighted by Crippen LogP contribution is -2.34. The van der Waals surface area contributed by atoms with E-state index in [1.165, 1.54) is 11.1 Å². The molecule has 0 aliphatic carbocycles. The van der Waals surface area contributed by atoms with Crippen LogP contribution in [0.4, 0.5) is 0 Å². The van der Waals surface area contributed by atoms with E-state index in [0.717, 1.165) is 22.4 Å². The second-order valence-corrected chi connectivity index (χ2v) is 7.12. The second kappa shape index (κ2) is 9.20. The van der Waals surface area contributed by atoms with Crippen LogP contribution in [0.2, 0.25) is 0 Å². The molecule has 0 fully saturated rings. The van der Waals surface area contributed by atoms with Crippen LogP contribution in [0, 0.1) is 13.8 Å². The lowest BCUT2D eigenvalue weighted by molar-refractivity contribution is -0.127. The minimum atomic E-state index is -0.644. The van der Waals surface area contributed by atoms with Crippen molar-refractivity contribution in [1.82, 2.24) is 5.43 Å². The number of nitrogens with one attached hydrogen (secondary N) is 1. The van der Waals surface area contributed by atoms with Gasteiger partial charge in [0.25, 0.3) is 5.91 Å². The molecule has 0 bridgehead atoms. The average molecular weight is 386 g/mol. The number of amides is 1. The van der Waals surface area contributed by atoms with Gasteiger partial charge in [0.2, 0.25) is 0 Å². The summed E-state index contributed by atoms with van der Waals surface area (Å²) in [4.78, 5) is 12.3. The number of benzene rings is 3. The molecule has 0 aliphatic heterocycles. The van der Waals surface area contributed by atoms with E-state index >= 15 is 0 Å². The number of hydrogen-bond acceptors (Lipinski definition) is 3. The predicted molar refractivity (Wildman–Crippen MR) is 118 cm³/mol. The molecular formula is C25H26N2O2. The number of carbonyl (C=O) groups excluding carboxylic acids is 1. The van der Waals surface area contributed by atoms with E-state index in [4.69, 9.17) is 4.74 Å². The van der Waals surface area contributed by atoms with Crippen molar-refractivity contribution in [2.45, 2.75) is 33.8 Å². The zero-order valence-corrected chi connectivity index (χ0v) is 17.3. The van der Waals surface area contributed by atoms with E-state index in [0.29, 0.717) is 5.75 Å². The third kappa shape index (κ3) is 5.32. The molecule has 0 saturated heterocycles. The summed E-state index contributed by atoms with van der Waals surface area (Å²) in [7, 11) is 0. The van der Waals surface area contributed by atoms with E-state index in [1.807, 2.05) is 69.3 Å². The normalized spacial score (nSPS) is 12.3. The molecule has 0 heterocycles. The first-order valence-corrected chi connectivity index (χ1v) is 9.68. The number of hydrogen-bond donors (Lipinski definition) is 1. The maximum Gasteiger partial charge on any atom is 0.280 e.